The summed E-state index contributed by atoms with van der Waals surface area (Å²) < 4.78 is 309. The van der Waals surface area contributed by atoms with Crippen LogP contribution in [0.4, 0.5) is 101 Å². The van der Waals surface area contributed by atoms with E-state index < -0.39 is 82.9 Å². The summed E-state index contributed by atoms with van der Waals surface area (Å²) in [6.45, 7) is 0. The molecule has 0 heterocycles. The molecule has 26 heteroatoms. The zero-order valence-electron chi connectivity index (χ0n) is 19.3. The highest BCUT2D eigenvalue weighted by molar-refractivity contribution is 5.89. The van der Waals surface area contributed by atoms with Crippen molar-refractivity contribution >= 4 is 5.97 Å². The van der Waals surface area contributed by atoms with Gasteiger partial charge in [0.25, 0.3) is 0 Å². The van der Waals surface area contributed by atoms with E-state index in [-0.39, 0.29) is 12.1 Å². The molecule has 0 saturated carbocycles. The van der Waals surface area contributed by atoms with E-state index in [1.54, 1.807) is 0 Å². The number of alkyl halides is 23. The molecule has 0 atom stereocenters. The Morgan fingerprint density at radius 2 is 0.682 bits per heavy atom. The van der Waals surface area contributed by atoms with Crippen LogP contribution in [-0.4, -0.2) is 76.7 Å². The van der Waals surface area contributed by atoms with E-state index >= 15 is 0 Å². The minimum Gasteiger partial charge on any atom is -0.508 e. The van der Waals surface area contributed by atoms with Crippen molar-refractivity contribution < 1.29 is 116 Å². The number of hydrogen-bond donors (Lipinski definition) is 1. The highest BCUT2D eigenvalue weighted by Gasteiger charge is 2.99. The summed E-state index contributed by atoms with van der Waals surface area (Å²) in [6.07, 6.45) is -15.7. The van der Waals surface area contributed by atoms with Crippen LogP contribution in [0.15, 0.2) is 24.3 Å². The van der Waals surface area contributed by atoms with Crippen LogP contribution >= 0.6 is 0 Å². The maximum absolute atomic E-state index is 13.8. The number of hydrogen-bond acceptors (Lipinski definition) is 3. The number of phenols is 1. The molecule has 0 aliphatic heterocycles. The Morgan fingerprint density at radius 1 is 0.432 bits per heavy atom. The van der Waals surface area contributed by atoms with E-state index in [9.17, 15) is 106 Å². The van der Waals surface area contributed by atoms with Crippen LogP contribution in [0.1, 0.15) is 10.4 Å². The van der Waals surface area contributed by atoms with Crippen molar-refractivity contribution in [2.75, 3.05) is 0 Å². The summed E-state index contributed by atoms with van der Waals surface area (Å²) in [5, 5.41) is 8.90. The van der Waals surface area contributed by atoms with Crippen LogP contribution in [0, 0.1) is 0 Å². The first-order chi connectivity index (χ1) is 18.9. The molecule has 1 rings (SSSR count). The van der Waals surface area contributed by atoms with E-state index in [0.717, 1.165) is 0 Å². The van der Waals surface area contributed by atoms with E-state index in [0.29, 0.717) is 12.1 Å². The minimum absolute atomic E-state index is 0.147. The Morgan fingerprint density at radius 3 is 0.955 bits per heavy atom. The number of esters is 1. The van der Waals surface area contributed by atoms with Gasteiger partial charge in [0, 0.05) is 0 Å². The van der Waals surface area contributed by atoms with Gasteiger partial charge in [-0.15, -0.1) is 0 Å². The monoisotopic (exact) mass is 706 g/mol. The van der Waals surface area contributed by atoms with Gasteiger partial charge < -0.3 is 9.84 Å². The summed E-state index contributed by atoms with van der Waals surface area (Å²) in [7, 11) is 0. The first-order valence-electron chi connectivity index (χ1n) is 9.75. The predicted molar refractivity (Wildman–Crippen MR) is 89.0 cm³/mol. The first-order valence-corrected chi connectivity index (χ1v) is 9.75. The van der Waals surface area contributed by atoms with Gasteiger partial charge in [-0.2, -0.15) is 101 Å². The van der Waals surface area contributed by atoms with Crippen molar-refractivity contribution in [2.24, 2.45) is 0 Å². The quantitative estimate of drug-likeness (QED) is 0.186. The molecule has 0 bridgehead atoms. The fourth-order valence-electron chi connectivity index (χ4n) is 2.58. The van der Waals surface area contributed by atoms with Gasteiger partial charge in [0.05, 0.1) is 5.56 Å². The van der Waals surface area contributed by atoms with Gasteiger partial charge in [-0.25, -0.2) is 4.79 Å². The zero-order valence-corrected chi connectivity index (χ0v) is 19.3. The molecule has 1 aromatic carbocycles. The number of rotatable bonds is 11. The zero-order chi connectivity index (χ0) is 35.8. The Hall–Kier alpha value is -3.12. The van der Waals surface area contributed by atoms with E-state index in [1.165, 1.54) is 0 Å². The van der Waals surface area contributed by atoms with Gasteiger partial charge in [0.15, 0.2) is 0 Å². The molecular formula is C18H5F23O3. The minimum atomic E-state index is -9.52. The van der Waals surface area contributed by atoms with Crippen LogP contribution < -0.4 is 0 Å². The van der Waals surface area contributed by atoms with Gasteiger partial charge in [-0.3, -0.25) is 0 Å². The normalized spacial score (nSPS) is 15.8. The molecule has 0 spiro atoms. The Kier molecular flexibility index (Phi) is 9.02. The van der Waals surface area contributed by atoms with Crippen LogP contribution in [0.2, 0.25) is 0 Å². The van der Waals surface area contributed by atoms with Crippen LogP contribution in [0.5, 0.6) is 5.75 Å². The fraction of sp³-hybridized carbons (Fsp3) is 0.611. The standard InChI is InChI=1S/C18H5F23O3/c19-8(20,9(21,22)11(25,26)13(29,30)15(33,34)17(37,38)39)10(23,24)12(27,28)14(31,32)16(35,36)18(40,41)44-7(43)5-1-3-6(42)4-2-5/h1-4,42H. The Balaban J connectivity index is 3.75. The lowest BCUT2D eigenvalue weighted by atomic mass is 9.86. The van der Waals surface area contributed by atoms with E-state index in [2.05, 4.69) is 4.74 Å². The molecule has 1 aromatic rings. The Bertz CT molecular complexity index is 1210. The maximum Gasteiger partial charge on any atom is 0.473 e. The molecule has 1 N–H and O–H groups in total. The molecule has 0 saturated heterocycles. The molecule has 0 fully saturated rings. The third kappa shape index (κ3) is 4.98. The summed E-state index contributed by atoms with van der Waals surface area (Å²) in [5.74, 6) is -86.1. The van der Waals surface area contributed by atoms with Gasteiger partial charge >= 0.3 is 71.6 Å². The lowest BCUT2D eigenvalue weighted by Gasteiger charge is -2.44. The second-order valence-corrected chi connectivity index (χ2v) is 8.12. The molecule has 0 amide bonds. The molecule has 0 aromatic heterocycles. The molecule has 0 unspecified atom stereocenters. The molecule has 0 aliphatic rings. The number of ether oxygens (including phenoxy) is 1. The number of aromatic hydroxyl groups is 1. The second kappa shape index (κ2) is 10.2. The third-order valence-corrected chi connectivity index (χ3v) is 5.20. The molecule has 256 valence electrons. The molecule has 0 radical (unpaired) electrons. The summed E-state index contributed by atoms with van der Waals surface area (Å²) >= 11 is 0. The predicted octanol–water partition coefficient (Wildman–Crippen LogP) is 8.42. The van der Waals surface area contributed by atoms with Gasteiger partial charge in [0.2, 0.25) is 0 Å². The average Bonchev–Trinajstić information content (AvgIpc) is 2.82. The molecule has 3 nitrogen and oxygen atoms in total. The summed E-state index contributed by atoms with van der Waals surface area (Å²) in [5.41, 5.74) is -1.47. The number of halogens is 23. The lowest BCUT2D eigenvalue weighted by molar-refractivity contribution is -0.484. The topological polar surface area (TPSA) is 46.5 Å². The number of carbonyl (C=O) groups excluding carboxylic acids is 1. The van der Waals surface area contributed by atoms with Crippen LogP contribution in [0.25, 0.3) is 0 Å². The lowest BCUT2D eigenvalue weighted by Crippen LogP contribution is -2.77. The van der Waals surface area contributed by atoms with E-state index in [4.69, 9.17) is 5.11 Å². The maximum atomic E-state index is 13.8. The van der Waals surface area contributed by atoms with Crippen molar-refractivity contribution in [1.29, 1.82) is 0 Å². The average molecular weight is 706 g/mol. The highest BCUT2D eigenvalue weighted by atomic mass is 19.4. The highest BCUT2D eigenvalue weighted by Crippen LogP contribution is 2.67. The Labute approximate surface area is 224 Å². The molecular weight excluding hydrogens is 701 g/mol. The number of carbonyl (C=O) groups is 1. The summed E-state index contributed by atoms with van der Waals surface area (Å²) in [4.78, 5) is 11.4. The van der Waals surface area contributed by atoms with Crippen molar-refractivity contribution in [2.45, 2.75) is 65.6 Å². The largest absolute Gasteiger partial charge is 0.508 e. The van der Waals surface area contributed by atoms with Crippen molar-refractivity contribution in [3.05, 3.63) is 29.8 Å². The van der Waals surface area contributed by atoms with Crippen LogP contribution in [0.3, 0.4) is 0 Å². The molecule has 44 heavy (non-hydrogen) atoms. The van der Waals surface area contributed by atoms with Crippen LogP contribution in [-0.2, 0) is 4.74 Å². The van der Waals surface area contributed by atoms with Crippen molar-refractivity contribution in [1.82, 2.24) is 0 Å². The fourth-order valence-corrected chi connectivity index (χ4v) is 2.58. The summed E-state index contributed by atoms with van der Waals surface area (Å²) in [6, 6.07) is 0.992. The third-order valence-electron chi connectivity index (χ3n) is 5.20. The van der Waals surface area contributed by atoms with Crippen molar-refractivity contribution in [3.63, 3.8) is 0 Å². The second-order valence-electron chi connectivity index (χ2n) is 8.12. The van der Waals surface area contributed by atoms with Gasteiger partial charge in [-0.1, -0.05) is 0 Å². The van der Waals surface area contributed by atoms with Gasteiger partial charge in [0.1, 0.15) is 5.75 Å². The van der Waals surface area contributed by atoms with Gasteiger partial charge in [-0.05, 0) is 24.3 Å². The molecule has 0 aliphatic carbocycles. The smallest absolute Gasteiger partial charge is 0.473 e. The van der Waals surface area contributed by atoms with Crippen molar-refractivity contribution in [3.8, 4) is 5.75 Å². The first kappa shape index (κ1) is 38.9. The van der Waals surface area contributed by atoms with E-state index in [1.807, 2.05) is 0 Å². The number of benzene rings is 1. The SMILES string of the molecule is O=C(OC(F)(F)C(F)(F)C(F)(F)C(F)(F)C(F)(F)C(F)(F)C(F)(F)C(F)(F)C(F)(F)C(F)(F)C(F)(F)F)c1ccc(O)cc1. The number of phenolic OH excluding ortho intramolecular Hbond substituents is 1.